The van der Waals surface area contributed by atoms with Crippen molar-refractivity contribution in [3.05, 3.63) is 53.0 Å². The first-order chi connectivity index (χ1) is 13.7. The predicted octanol–water partition coefficient (Wildman–Crippen LogP) is 1.86. The maximum atomic E-state index is 12.1. The topological polar surface area (TPSA) is 116 Å². The number of H-pyrrole nitrogens is 1. The molecule has 0 aliphatic rings. The number of nitrogens with zero attached hydrogens (tertiary/aromatic N) is 3. The van der Waals surface area contributed by atoms with Gasteiger partial charge in [0.2, 0.25) is 5.91 Å². The van der Waals surface area contributed by atoms with Crippen molar-refractivity contribution in [2.45, 2.75) is 12.7 Å². The quantitative estimate of drug-likeness (QED) is 0.458. The lowest BCUT2D eigenvalue weighted by Crippen LogP contribution is -2.26. The van der Waals surface area contributed by atoms with Crippen molar-refractivity contribution in [1.82, 2.24) is 19.5 Å². The monoisotopic (exact) mass is 407 g/mol. The molecule has 29 heavy (non-hydrogen) atoms. The van der Waals surface area contributed by atoms with E-state index in [1.807, 2.05) is 0 Å². The summed E-state index contributed by atoms with van der Waals surface area (Å²) in [6, 6.07) is 1.78. The second-order valence-corrected chi connectivity index (χ2v) is 6.09. The van der Waals surface area contributed by atoms with Crippen LogP contribution in [0.5, 0.6) is 0 Å². The van der Waals surface area contributed by atoms with Crippen molar-refractivity contribution in [2.24, 2.45) is 5.73 Å². The van der Waals surface area contributed by atoms with Crippen LogP contribution in [0, 0.1) is 0 Å². The van der Waals surface area contributed by atoms with Crippen LogP contribution in [0.4, 0.5) is 13.2 Å². The van der Waals surface area contributed by atoms with Crippen LogP contribution in [0.1, 0.15) is 5.56 Å². The van der Waals surface area contributed by atoms with E-state index in [0.717, 1.165) is 0 Å². The van der Waals surface area contributed by atoms with Crippen molar-refractivity contribution in [3.8, 4) is 11.1 Å². The molecule has 0 bridgehead atoms. The predicted molar refractivity (Wildman–Crippen MR) is 98.7 cm³/mol. The highest BCUT2D eigenvalue weighted by atomic mass is 19.4. The van der Waals surface area contributed by atoms with Gasteiger partial charge < -0.3 is 15.5 Å². The lowest BCUT2D eigenvalue weighted by Gasteiger charge is -2.10. The summed E-state index contributed by atoms with van der Waals surface area (Å²) in [5, 5.41) is 0.714. The zero-order valence-corrected chi connectivity index (χ0v) is 14.9. The Hall–Kier alpha value is -3.47. The fourth-order valence-electron chi connectivity index (χ4n) is 2.61. The first-order valence-corrected chi connectivity index (χ1v) is 8.39. The van der Waals surface area contributed by atoms with Crippen LogP contribution in [-0.2, 0) is 16.1 Å². The zero-order valence-electron chi connectivity index (χ0n) is 14.9. The number of carbonyl (C=O) groups is 1. The van der Waals surface area contributed by atoms with Gasteiger partial charge in [0, 0.05) is 52.9 Å². The van der Waals surface area contributed by atoms with Crippen molar-refractivity contribution >= 4 is 23.0 Å². The van der Waals surface area contributed by atoms with E-state index in [2.05, 4.69) is 19.7 Å². The first kappa shape index (κ1) is 20.3. The summed E-state index contributed by atoms with van der Waals surface area (Å²) in [5.74, 6) is -0.590. The first-order valence-electron chi connectivity index (χ1n) is 8.39. The number of hydrogen-bond acceptors (Lipinski definition) is 5. The minimum absolute atomic E-state index is 0.0812. The highest BCUT2D eigenvalue weighted by molar-refractivity contribution is 5.95. The molecule has 0 aliphatic heterocycles. The minimum Gasteiger partial charge on any atom is -0.370 e. The number of alkyl halides is 3. The van der Waals surface area contributed by atoms with Crippen LogP contribution in [0.15, 0.2) is 41.7 Å². The van der Waals surface area contributed by atoms with E-state index in [4.69, 9.17) is 5.73 Å². The number of primary amides is 1. The Labute approximate surface area is 161 Å². The largest absolute Gasteiger partial charge is 0.411 e. The summed E-state index contributed by atoms with van der Waals surface area (Å²) < 4.78 is 42.1. The lowest BCUT2D eigenvalue weighted by atomic mass is 10.1. The molecule has 0 spiro atoms. The molecule has 3 heterocycles. The smallest absolute Gasteiger partial charge is 0.370 e. The highest BCUT2D eigenvalue weighted by Crippen LogP contribution is 2.24. The van der Waals surface area contributed by atoms with Gasteiger partial charge in [-0.05, 0) is 12.1 Å². The molecule has 152 valence electrons. The molecule has 3 N–H and O–H groups in total. The summed E-state index contributed by atoms with van der Waals surface area (Å²) in [4.78, 5) is 33.8. The Morgan fingerprint density at radius 3 is 2.76 bits per heavy atom. The molecule has 3 aromatic heterocycles. The summed E-state index contributed by atoms with van der Waals surface area (Å²) in [6.07, 6.45) is 4.39. The van der Waals surface area contributed by atoms with Gasteiger partial charge in [-0.25, -0.2) is 14.8 Å². The molecule has 0 radical (unpaired) electrons. The van der Waals surface area contributed by atoms with E-state index in [9.17, 15) is 22.8 Å². The van der Waals surface area contributed by atoms with Gasteiger partial charge in [0.15, 0.2) is 0 Å². The summed E-state index contributed by atoms with van der Waals surface area (Å²) in [7, 11) is 0. The molecule has 0 saturated heterocycles. The third kappa shape index (κ3) is 5.29. The molecule has 0 aromatic carbocycles. The van der Waals surface area contributed by atoms with Crippen LogP contribution < -0.4 is 11.4 Å². The minimum atomic E-state index is -4.43. The van der Waals surface area contributed by atoms with Crippen LogP contribution in [0.3, 0.4) is 0 Å². The van der Waals surface area contributed by atoms with E-state index in [1.54, 1.807) is 24.5 Å². The van der Waals surface area contributed by atoms with Gasteiger partial charge in [-0.2, -0.15) is 13.2 Å². The average Bonchev–Trinajstić information content (AvgIpc) is 3.06. The lowest BCUT2D eigenvalue weighted by molar-refractivity contribution is -0.174. The normalized spacial score (nSPS) is 12.1. The number of rotatable bonds is 7. The number of pyridine rings is 1. The molecular formula is C18H16F3N5O3. The third-order valence-electron chi connectivity index (χ3n) is 3.92. The van der Waals surface area contributed by atoms with Gasteiger partial charge in [-0.15, -0.1) is 0 Å². The number of aromatic nitrogens is 4. The van der Waals surface area contributed by atoms with Crippen LogP contribution in [0.2, 0.25) is 0 Å². The van der Waals surface area contributed by atoms with Gasteiger partial charge in [0.05, 0.1) is 13.2 Å². The molecule has 3 aromatic rings. The number of carbonyl (C=O) groups excluding carboxylic acids is 1. The number of nitrogens with one attached hydrogen (secondary N) is 1. The molecule has 0 aliphatic carbocycles. The van der Waals surface area contributed by atoms with Gasteiger partial charge in [0.1, 0.15) is 12.3 Å². The molecule has 0 unspecified atom stereocenters. The number of halogens is 3. The second kappa shape index (κ2) is 8.27. The molecule has 3 rings (SSSR count). The fraction of sp³-hybridized carbons (Fsp3) is 0.222. The number of fused-ring (bicyclic) bond motifs is 1. The van der Waals surface area contributed by atoms with Gasteiger partial charge in [-0.3, -0.25) is 9.36 Å². The van der Waals surface area contributed by atoms with E-state index in [1.165, 1.54) is 23.0 Å². The zero-order chi connectivity index (χ0) is 21.0. The van der Waals surface area contributed by atoms with E-state index in [0.29, 0.717) is 27.7 Å². The summed E-state index contributed by atoms with van der Waals surface area (Å²) >= 11 is 0. The maximum absolute atomic E-state index is 12.1. The third-order valence-corrected chi connectivity index (χ3v) is 3.92. The Morgan fingerprint density at radius 2 is 2.03 bits per heavy atom. The average molecular weight is 407 g/mol. The van der Waals surface area contributed by atoms with E-state index < -0.39 is 24.4 Å². The molecule has 11 heteroatoms. The van der Waals surface area contributed by atoms with E-state index in [-0.39, 0.29) is 13.2 Å². The number of amides is 1. The Morgan fingerprint density at radius 1 is 1.28 bits per heavy atom. The number of hydrogen-bond donors (Lipinski definition) is 2. The molecule has 0 saturated carbocycles. The van der Waals surface area contributed by atoms with Crippen molar-refractivity contribution in [3.63, 3.8) is 0 Å². The van der Waals surface area contributed by atoms with Crippen LogP contribution in [0.25, 0.3) is 28.2 Å². The van der Waals surface area contributed by atoms with Crippen molar-refractivity contribution < 1.29 is 22.7 Å². The Bertz CT molecular complexity index is 1120. The second-order valence-electron chi connectivity index (χ2n) is 6.09. The Kier molecular flexibility index (Phi) is 5.78. The van der Waals surface area contributed by atoms with Gasteiger partial charge in [-0.1, -0.05) is 0 Å². The standard InChI is InChI=1S/C18H16F3N5O3/c19-18(20,21)10-29-4-3-26-9-13(8-25-17(26)28)12-5-14-11(1-2-15(22)27)6-23-16(14)24-7-12/h1-2,5-9H,3-4,10H2,(H2,22,27)(H,23,24). The summed E-state index contributed by atoms with van der Waals surface area (Å²) in [5.41, 5.74) is 6.95. The number of nitrogens with two attached hydrogens (primary N) is 1. The van der Waals surface area contributed by atoms with Crippen LogP contribution >= 0.6 is 0 Å². The van der Waals surface area contributed by atoms with E-state index >= 15 is 0 Å². The van der Waals surface area contributed by atoms with Gasteiger partial charge >= 0.3 is 11.9 Å². The van der Waals surface area contributed by atoms with Crippen molar-refractivity contribution in [2.75, 3.05) is 13.2 Å². The molecule has 0 fully saturated rings. The molecule has 1 amide bonds. The summed E-state index contributed by atoms with van der Waals surface area (Å²) in [6.45, 7) is -1.76. The highest BCUT2D eigenvalue weighted by Gasteiger charge is 2.27. The molecule has 0 atom stereocenters. The Balaban J connectivity index is 1.84. The SMILES string of the molecule is NC(=O)C=Cc1c[nH]c2ncc(-c3cnc(=O)n(CCOCC(F)(F)F)c3)cc12. The molecule has 8 nitrogen and oxygen atoms in total. The fourth-order valence-corrected chi connectivity index (χ4v) is 2.61. The number of ether oxygens (including phenoxy) is 1. The van der Waals surface area contributed by atoms with Crippen molar-refractivity contribution in [1.29, 1.82) is 0 Å². The molecular weight excluding hydrogens is 391 g/mol. The number of aromatic amines is 1. The van der Waals surface area contributed by atoms with Crippen LogP contribution in [-0.4, -0.2) is 44.8 Å². The maximum Gasteiger partial charge on any atom is 0.411 e. The van der Waals surface area contributed by atoms with Gasteiger partial charge in [0.25, 0.3) is 0 Å².